The SMILES string of the molecule is CC1(C)CC(=O)NN1[C@@H](c1cc(C#N)cc2ccccc12)C(F)(F)F. The molecule has 1 aliphatic heterocycles. The molecule has 0 spiro atoms. The first-order valence-electron chi connectivity index (χ1n) is 7.72. The van der Waals surface area contributed by atoms with Crippen molar-refractivity contribution in [2.24, 2.45) is 0 Å². The fourth-order valence-electron chi connectivity index (χ4n) is 3.31. The lowest BCUT2D eigenvalue weighted by atomic mass is 9.92. The van der Waals surface area contributed by atoms with Crippen molar-refractivity contribution in [1.29, 1.82) is 5.26 Å². The van der Waals surface area contributed by atoms with Crippen LogP contribution < -0.4 is 5.43 Å². The van der Waals surface area contributed by atoms with Crippen LogP contribution in [0, 0.1) is 11.3 Å². The molecule has 1 saturated heterocycles. The number of benzene rings is 2. The van der Waals surface area contributed by atoms with Crippen molar-refractivity contribution >= 4 is 16.7 Å². The van der Waals surface area contributed by atoms with Gasteiger partial charge >= 0.3 is 6.18 Å². The van der Waals surface area contributed by atoms with E-state index in [2.05, 4.69) is 5.43 Å². The maximum absolute atomic E-state index is 14.0. The van der Waals surface area contributed by atoms with E-state index in [-0.39, 0.29) is 17.5 Å². The number of amides is 1. The number of nitrogens with one attached hydrogen (secondary N) is 1. The van der Waals surface area contributed by atoms with Gasteiger partial charge in [0.25, 0.3) is 0 Å². The normalized spacial score (nSPS) is 18.8. The molecule has 130 valence electrons. The minimum atomic E-state index is -4.63. The van der Waals surface area contributed by atoms with Crippen LogP contribution in [-0.4, -0.2) is 22.6 Å². The van der Waals surface area contributed by atoms with Crippen LogP contribution in [0.2, 0.25) is 0 Å². The molecule has 0 radical (unpaired) electrons. The van der Waals surface area contributed by atoms with E-state index in [9.17, 15) is 23.2 Å². The van der Waals surface area contributed by atoms with Gasteiger partial charge in [0.2, 0.25) is 5.91 Å². The van der Waals surface area contributed by atoms with Crippen molar-refractivity contribution in [3.8, 4) is 6.07 Å². The Balaban J connectivity index is 2.27. The summed E-state index contributed by atoms with van der Waals surface area (Å²) in [5, 5.41) is 11.1. The topological polar surface area (TPSA) is 56.1 Å². The van der Waals surface area contributed by atoms with Crippen molar-refractivity contribution in [3.05, 3.63) is 47.5 Å². The smallest absolute Gasteiger partial charge is 0.287 e. The van der Waals surface area contributed by atoms with Gasteiger partial charge in [-0.2, -0.15) is 23.4 Å². The molecule has 2 aromatic carbocycles. The molecule has 1 amide bonds. The second-order valence-electron chi connectivity index (χ2n) is 6.74. The van der Waals surface area contributed by atoms with Gasteiger partial charge in [-0.25, -0.2) is 0 Å². The Morgan fingerprint density at radius 3 is 2.52 bits per heavy atom. The Hall–Kier alpha value is -2.59. The minimum absolute atomic E-state index is 0.0323. The zero-order valence-electron chi connectivity index (χ0n) is 13.7. The first-order valence-corrected chi connectivity index (χ1v) is 7.72. The van der Waals surface area contributed by atoms with Crippen LogP contribution in [0.3, 0.4) is 0 Å². The number of hydrogen-bond donors (Lipinski definition) is 1. The largest absolute Gasteiger partial charge is 0.409 e. The van der Waals surface area contributed by atoms with Gasteiger partial charge in [-0.3, -0.25) is 10.2 Å². The van der Waals surface area contributed by atoms with Gasteiger partial charge in [-0.05, 0) is 42.3 Å². The monoisotopic (exact) mass is 347 g/mol. The van der Waals surface area contributed by atoms with Gasteiger partial charge < -0.3 is 0 Å². The summed E-state index contributed by atoms with van der Waals surface area (Å²) in [5.41, 5.74) is 1.43. The summed E-state index contributed by atoms with van der Waals surface area (Å²) in [4.78, 5) is 11.7. The lowest BCUT2D eigenvalue weighted by Crippen LogP contribution is -2.51. The minimum Gasteiger partial charge on any atom is -0.287 e. The predicted molar refractivity (Wildman–Crippen MR) is 86.1 cm³/mol. The quantitative estimate of drug-likeness (QED) is 0.898. The van der Waals surface area contributed by atoms with E-state index in [1.165, 1.54) is 6.07 Å². The zero-order valence-corrected chi connectivity index (χ0v) is 13.7. The molecule has 1 aliphatic rings. The van der Waals surface area contributed by atoms with E-state index in [0.717, 1.165) is 5.01 Å². The molecule has 0 aliphatic carbocycles. The fourth-order valence-corrected chi connectivity index (χ4v) is 3.31. The van der Waals surface area contributed by atoms with E-state index >= 15 is 0 Å². The van der Waals surface area contributed by atoms with E-state index in [4.69, 9.17) is 0 Å². The maximum Gasteiger partial charge on any atom is 0.409 e. The van der Waals surface area contributed by atoms with E-state index in [1.54, 1.807) is 44.2 Å². The summed E-state index contributed by atoms with van der Waals surface area (Å²) in [5.74, 6) is -0.458. The number of fused-ring (bicyclic) bond motifs is 1. The van der Waals surface area contributed by atoms with E-state index in [0.29, 0.717) is 10.8 Å². The van der Waals surface area contributed by atoms with Crippen LogP contribution in [0.15, 0.2) is 36.4 Å². The van der Waals surface area contributed by atoms with Gasteiger partial charge in [0.1, 0.15) is 0 Å². The van der Waals surface area contributed by atoms with E-state index < -0.39 is 23.7 Å². The molecule has 2 aromatic rings. The number of nitriles is 1. The third kappa shape index (κ3) is 3.05. The van der Waals surface area contributed by atoms with Gasteiger partial charge in [0.05, 0.1) is 11.6 Å². The Kier molecular flexibility index (Phi) is 3.96. The number of hydrazine groups is 1. The van der Waals surface area contributed by atoms with Crippen LogP contribution in [0.25, 0.3) is 10.8 Å². The van der Waals surface area contributed by atoms with Crippen molar-refractivity contribution in [2.75, 3.05) is 0 Å². The molecule has 4 nitrogen and oxygen atoms in total. The molecule has 3 rings (SSSR count). The zero-order chi connectivity index (χ0) is 18.4. The standard InChI is InChI=1S/C18H16F3N3O/c1-17(2)9-15(25)23-24(17)16(18(19,20)21)14-8-11(10-22)7-12-5-3-4-6-13(12)14/h3-8,16H,9H2,1-2H3,(H,23,25)/t16-/m0/s1. The second-order valence-corrected chi connectivity index (χ2v) is 6.74. The fraction of sp³-hybridized carbons (Fsp3) is 0.333. The van der Waals surface area contributed by atoms with Crippen molar-refractivity contribution in [3.63, 3.8) is 0 Å². The molecule has 7 heteroatoms. The van der Waals surface area contributed by atoms with Crippen molar-refractivity contribution in [1.82, 2.24) is 10.4 Å². The first kappa shape index (κ1) is 17.2. The van der Waals surface area contributed by atoms with Crippen LogP contribution in [0.1, 0.15) is 37.4 Å². The second kappa shape index (κ2) is 5.74. The molecular weight excluding hydrogens is 331 g/mol. The summed E-state index contributed by atoms with van der Waals surface area (Å²) < 4.78 is 42.0. The Bertz CT molecular complexity index is 883. The molecule has 0 saturated carbocycles. The average Bonchev–Trinajstić information content (AvgIpc) is 2.78. The van der Waals surface area contributed by atoms with Crippen molar-refractivity contribution < 1.29 is 18.0 Å². The molecular formula is C18H16F3N3O. The number of carbonyl (C=O) groups excluding carboxylic acids is 1. The molecule has 0 aromatic heterocycles. The summed E-state index contributed by atoms with van der Waals surface area (Å²) >= 11 is 0. The van der Waals surface area contributed by atoms with E-state index in [1.807, 2.05) is 6.07 Å². The molecule has 1 fully saturated rings. The van der Waals surface area contributed by atoms with Gasteiger partial charge in [0.15, 0.2) is 6.04 Å². The number of nitrogens with zero attached hydrogens (tertiary/aromatic N) is 2. The summed E-state index contributed by atoms with van der Waals surface area (Å²) in [6.07, 6.45) is -4.67. The number of rotatable bonds is 2. The van der Waals surface area contributed by atoms with Crippen LogP contribution >= 0.6 is 0 Å². The van der Waals surface area contributed by atoms with Crippen molar-refractivity contribution in [2.45, 2.75) is 38.0 Å². The maximum atomic E-state index is 14.0. The Morgan fingerprint density at radius 1 is 1.28 bits per heavy atom. The third-order valence-electron chi connectivity index (χ3n) is 4.38. The summed E-state index contributed by atoms with van der Waals surface area (Å²) in [6.45, 7) is 3.17. The average molecular weight is 347 g/mol. The van der Waals surface area contributed by atoms with Crippen LogP contribution in [0.5, 0.6) is 0 Å². The Labute approximate surface area is 142 Å². The molecule has 0 bridgehead atoms. The highest BCUT2D eigenvalue weighted by Gasteiger charge is 2.53. The number of carbonyl (C=O) groups is 1. The highest BCUT2D eigenvalue weighted by Crippen LogP contribution is 2.44. The number of alkyl halides is 3. The third-order valence-corrected chi connectivity index (χ3v) is 4.38. The Morgan fingerprint density at radius 2 is 1.96 bits per heavy atom. The highest BCUT2D eigenvalue weighted by molar-refractivity contribution is 5.88. The molecule has 1 heterocycles. The van der Waals surface area contributed by atoms with Gasteiger partial charge in [-0.1, -0.05) is 24.3 Å². The predicted octanol–water partition coefficient (Wildman–Crippen LogP) is 3.83. The van der Waals surface area contributed by atoms with Gasteiger partial charge in [0, 0.05) is 12.0 Å². The molecule has 1 atom stereocenters. The van der Waals surface area contributed by atoms with Crippen LogP contribution in [-0.2, 0) is 4.79 Å². The summed E-state index contributed by atoms with van der Waals surface area (Å²) in [7, 11) is 0. The molecule has 1 N–H and O–H groups in total. The number of hydrogen-bond acceptors (Lipinski definition) is 3. The highest BCUT2D eigenvalue weighted by atomic mass is 19.4. The molecule has 25 heavy (non-hydrogen) atoms. The summed E-state index contributed by atoms with van der Waals surface area (Å²) in [6, 6.07) is 9.29. The first-order chi connectivity index (χ1) is 11.6. The molecule has 0 unspecified atom stereocenters. The van der Waals surface area contributed by atoms with Crippen LogP contribution in [0.4, 0.5) is 13.2 Å². The van der Waals surface area contributed by atoms with Gasteiger partial charge in [-0.15, -0.1) is 0 Å². The number of halogens is 3. The lowest BCUT2D eigenvalue weighted by Gasteiger charge is -2.38. The lowest BCUT2D eigenvalue weighted by molar-refractivity contribution is -0.203.